The van der Waals surface area contributed by atoms with Crippen molar-refractivity contribution in [3.8, 4) is 0 Å². The molecule has 1 aromatic heterocycles. The molecule has 1 aliphatic heterocycles. The molecule has 2 heterocycles. The number of amides is 1. The van der Waals surface area contributed by atoms with E-state index in [0.717, 1.165) is 43.9 Å². The van der Waals surface area contributed by atoms with E-state index >= 15 is 0 Å². The topological polar surface area (TPSA) is 71.2 Å². The Kier molecular flexibility index (Phi) is 5.17. The Labute approximate surface area is 126 Å². The van der Waals surface area contributed by atoms with Gasteiger partial charge in [0.25, 0.3) is 0 Å². The Morgan fingerprint density at radius 2 is 2.33 bits per heavy atom. The van der Waals surface area contributed by atoms with Gasteiger partial charge in [-0.2, -0.15) is 0 Å². The number of nitrogens with two attached hydrogens (primary N) is 1. The molecule has 1 aliphatic rings. The van der Waals surface area contributed by atoms with Crippen molar-refractivity contribution in [1.29, 1.82) is 0 Å². The number of carbonyl (C=O) groups excluding carboxylic acids is 1. The second kappa shape index (κ2) is 6.89. The first-order valence-electron chi connectivity index (χ1n) is 7.71. The third-order valence-electron chi connectivity index (χ3n) is 3.84. The van der Waals surface area contributed by atoms with E-state index in [1.165, 1.54) is 5.56 Å². The van der Waals surface area contributed by atoms with Crippen LogP contribution in [0, 0.1) is 12.8 Å². The first kappa shape index (κ1) is 15.8. The van der Waals surface area contributed by atoms with Crippen molar-refractivity contribution < 1.29 is 4.79 Å². The van der Waals surface area contributed by atoms with Gasteiger partial charge in [0, 0.05) is 19.3 Å². The number of hydrogen-bond acceptors (Lipinski definition) is 4. The fourth-order valence-corrected chi connectivity index (χ4v) is 2.84. The Hall–Kier alpha value is -1.62. The van der Waals surface area contributed by atoms with Crippen molar-refractivity contribution in [3.05, 3.63) is 23.4 Å². The minimum Gasteiger partial charge on any atom is -0.368 e. The molecule has 1 atom stereocenters. The number of rotatable bonds is 6. The van der Waals surface area contributed by atoms with E-state index in [-0.39, 0.29) is 11.9 Å². The van der Waals surface area contributed by atoms with Crippen molar-refractivity contribution in [2.75, 3.05) is 18.0 Å². The van der Waals surface area contributed by atoms with Crippen molar-refractivity contribution in [2.24, 2.45) is 11.7 Å². The fraction of sp³-hybridized carbons (Fsp3) is 0.625. The predicted octanol–water partition coefficient (Wildman–Crippen LogP) is 1.59. The zero-order chi connectivity index (χ0) is 15.4. The Balaban J connectivity index is 2.07. The number of carbonyl (C=O) groups is 1. The lowest BCUT2D eigenvalue weighted by Gasteiger charge is -2.25. The Morgan fingerprint density at radius 3 is 2.95 bits per heavy atom. The molecular weight excluding hydrogens is 264 g/mol. The molecule has 5 heteroatoms. The number of aryl methyl sites for hydroxylation is 1. The number of hydrogen-bond donors (Lipinski definition) is 2. The normalized spacial score (nSPS) is 18.5. The van der Waals surface area contributed by atoms with Gasteiger partial charge in [0.1, 0.15) is 11.9 Å². The quantitative estimate of drug-likeness (QED) is 0.834. The molecule has 0 aliphatic carbocycles. The van der Waals surface area contributed by atoms with E-state index < -0.39 is 0 Å². The summed E-state index contributed by atoms with van der Waals surface area (Å²) in [5.41, 5.74) is 7.76. The summed E-state index contributed by atoms with van der Waals surface area (Å²) in [4.78, 5) is 18.1. The molecule has 1 aromatic rings. The number of nitrogens with zero attached hydrogens (tertiary/aromatic N) is 2. The van der Waals surface area contributed by atoms with Crippen molar-refractivity contribution in [1.82, 2.24) is 10.3 Å². The second-order valence-corrected chi connectivity index (χ2v) is 6.26. The molecule has 1 amide bonds. The number of nitrogens with one attached hydrogen (secondary N) is 1. The summed E-state index contributed by atoms with van der Waals surface area (Å²) in [6.45, 7) is 9.10. The molecule has 1 saturated heterocycles. The fourth-order valence-electron chi connectivity index (χ4n) is 2.84. The summed E-state index contributed by atoms with van der Waals surface area (Å²) in [5.74, 6) is 1.28. The van der Waals surface area contributed by atoms with Gasteiger partial charge in [-0.1, -0.05) is 13.8 Å². The Bertz CT molecular complexity index is 501. The van der Waals surface area contributed by atoms with Crippen LogP contribution >= 0.6 is 0 Å². The van der Waals surface area contributed by atoms with Crippen LogP contribution in [-0.2, 0) is 11.3 Å². The molecule has 0 radical (unpaired) electrons. The van der Waals surface area contributed by atoms with Crippen molar-refractivity contribution >= 4 is 11.7 Å². The van der Waals surface area contributed by atoms with Crippen LogP contribution in [0.15, 0.2) is 12.3 Å². The van der Waals surface area contributed by atoms with Gasteiger partial charge >= 0.3 is 0 Å². The van der Waals surface area contributed by atoms with Crippen molar-refractivity contribution in [2.45, 2.75) is 46.2 Å². The lowest BCUT2D eigenvalue weighted by atomic mass is 10.1. The SMILES string of the molecule is Cc1cc(CNCC(C)C)cnc1N1CCCC1C(N)=O. The highest BCUT2D eigenvalue weighted by molar-refractivity contribution is 5.84. The van der Waals surface area contributed by atoms with Gasteiger partial charge in [-0.05, 0) is 49.4 Å². The second-order valence-electron chi connectivity index (χ2n) is 6.26. The zero-order valence-corrected chi connectivity index (χ0v) is 13.2. The first-order valence-corrected chi connectivity index (χ1v) is 7.71. The summed E-state index contributed by atoms with van der Waals surface area (Å²) in [5, 5.41) is 3.42. The lowest BCUT2D eigenvalue weighted by molar-refractivity contribution is -0.119. The van der Waals surface area contributed by atoms with Gasteiger partial charge in [-0.3, -0.25) is 4.79 Å². The highest BCUT2D eigenvalue weighted by Gasteiger charge is 2.30. The number of primary amides is 1. The zero-order valence-electron chi connectivity index (χ0n) is 13.2. The van der Waals surface area contributed by atoms with Crippen molar-refractivity contribution in [3.63, 3.8) is 0 Å². The van der Waals surface area contributed by atoms with Crippen LogP contribution in [-0.4, -0.2) is 30.0 Å². The van der Waals surface area contributed by atoms with Crippen LogP contribution < -0.4 is 16.0 Å². The summed E-state index contributed by atoms with van der Waals surface area (Å²) in [6, 6.07) is 1.94. The van der Waals surface area contributed by atoms with Crippen LogP contribution in [0.3, 0.4) is 0 Å². The minimum atomic E-state index is -0.253. The van der Waals surface area contributed by atoms with E-state index in [9.17, 15) is 4.79 Å². The van der Waals surface area contributed by atoms with Crippen LogP contribution in [0.4, 0.5) is 5.82 Å². The molecule has 0 saturated carbocycles. The average Bonchev–Trinajstić information content (AvgIpc) is 2.87. The highest BCUT2D eigenvalue weighted by atomic mass is 16.1. The van der Waals surface area contributed by atoms with Gasteiger partial charge in [0.05, 0.1) is 0 Å². The smallest absolute Gasteiger partial charge is 0.240 e. The summed E-state index contributed by atoms with van der Waals surface area (Å²) < 4.78 is 0. The van der Waals surface area contributed by atoms with E-state index in [0.29, 0.717) is 5.92 Å². The molecule has 116 valence electrons. The average molecular weight is 290 g/mol. The van der Waals surface area contributed by atoms with E-state index in [1.807, 2.05) is 18.0 Å². The molecule has 1 unspecified atom stereocenters. The first-order chi connectivity index (χ1) is 9.99. The largest absolute Gasteiger partial charge is 0.368 e. The van der Waals surface area contributed by atoms with Gasteiger partial charge in [-0.25, -0.2) is 4.98 Å². The number of aromatic nitrogens is 1. The standard InChI is InChI=1S/C16H26N4O/c1-11(2)8-18-9-13-7-12(3)16(19-10-13)20-6-4-5-14(20)15(17)21/h7,10-11,14,18H,4-6,8-9H2,1-3H3,(H2,17,21). The van der Waals surface area contributed by atoms with E-state index in [4.69, 9.17) is 5.73 Å². The predicted molar refractivity (Wildman–Crippen MR) is 85.1 cm³/mol. The molecule has 0 bridgehead atoms. The monoisotopic (exact) mass is 290 g/mol. The van der Waals surface area contributed by atoms with Crippen LogP contribution in [0.25, 0.3) is 0 Å². The molecular formula is C16H26N4O. The van der Waals surface area contributed by atoms with E-state index in [1.54, 1.807) is 0 Å². The van der Waals surface area contributed by atoms with Gasteiger partial charge in [0.2, 0.25) is 5.91 Å². The molecule has 1 fully saturated rings. The maximum atomic E-state index is 11.5. The van der Waals surface area contributed by atoms with Crippen LogP contribution in [0.1, 0.15) is 37.8 Å². The summed E-state index contributed by atoms with van der Waals surface area (Å²) in [6.07, 6.45) is 3.71. The van der Waals surface area contributed by atoms with Gasteiger partial charge in [-0.15, -0.1) is 0 Å². The molecule has 3 N–H and O–H groups in total. The third kappa shape index (κ3) is 3.94. The molecule has 0 spiro atoms. The molecule has 0 aromatic carbocycles. The van der Waals surface area contributed by atoms with Gasteiger partial charge in [0.15, 0.2) is 0 Å². The summed E-state index contributed by atoms with van der Waals surface area (Å²) in [7, 11) is 0. The molecule has 2 rings (SSSR count). The maximum absolute atomic E-state index is 11.5. The Morgan fingerprint density at radius 1 is 1.57 bits per heavy atom. The van der Waals surface area contributed by atoms with Crippen LogP contribution in [0.5, 0.6) is 0 Å². The number of anilines is 1. The molecule has 5 nitrogen and oxygen atoms in total. The highest BCUT2D eigenvalue weighted by Crippen LogP contribution is 2.26. The van der Waals surface area contributed by atoms with Crippen LogP contribution in [0.2, 0.25) is 0 Å². The molecule has 21 heavy (non-hydrogen) atoms. The van der Waals surface area contributed by atoms with E-state index in [2.05, 4.69) is 30.2 Å². The third-order valence-corrected chi connectivity index (χ3v) is 3.84. The lowest BCUT2D eigenvalue weighted by Crippen LogP contribution is -2.41. The maximum Gasteiger partial charge on any atom is 0.240 e. The summed E-state index contributed by atoms with van der Waals surface area (Å²) >= 11 is 0. The number of pyridine rings is 1. The van der Waals surface area contributed by atoms with Gasteiger partial charge < -0.3 is 16.0 Å². The minimum absolute atomic E-state index is 0.207.